The molecule has 0 aliphatic carbocycles. The van der Waals surface area contributed by atoms with Crippen LogP contribution in [0.5, 0.6) is 0 Å². The van der Waals surface area contributed by atoms with E-state index >= 15 is 0 Å². The van der Waals surface area contributed by atoms with E-state index in [1.807, 2.05) is 11.6 Å². The average molecular weight is 249 g/mol. The maximum atomic E-state index is 4.23. The lowest BCUT2D eigenvalue weighted by atomic mass is 9.82. The number of piperidine rings is 2. The Kier molecular flexibility index (Phi) is 3.35. The van der Waals surface area contributed by atoms with Crippen molar-refractivity contribution in [2.45, 2.75) is 56.8 Å². The quantitative estimate of drug-likeness (QED) is 0.865. The van der Waals surface area contributed by atoms with E-state index < -0.39 is 0 Å². The first-order valence-electron chi connectivity index (χ1n) is 7.04. The Labute approximate surface area is 109 Å². The van der Waals surface area contributed by atoms with Gasteiger partial charge < -0.3 is 9.88 Å². The lowest BCUT2D eigenvalue weighted by Crippen LogP contribution is -2.55. The van der Waals surface area contributed by atoms with E-state index in [9.17, 15) is 0 Å². The van der Waals surface area contributed by atoms with Crippen molar-refractivity contribution in [3.8, 4) is 0 Å². The topological polar surface area (TPSA) is 46.0 Å². The molecule has 2 atom stereocenters. The molecular formula is C13H23N5. The maximum Gasteiger partial charge on any atom is 0.146 e. The predicted octanol–water partition coefficient (Wildman–Crippen LogP) is 0.920. The SMILES string of the molecule is CNC1CC2CCCC(C1)N2Cc1nncn1C. The number of rotatable bonds is 3. The molecule has 0 saturated carbocycles. The number of nitrogens with zero attached hydrogens (tertiary/aromatic N) is 4. The van der Waals surface area contributed by atoms with Gasteiger partial charge in [0.05, 0.1) is 6.54 Å². The minimum absolute atomic E-state index is 0.705. The van der Waals surface area contributed by atoms with E-state index in [1.54, 1.807) is 6.33 Å². The average Bonchev–Trinajstić information content (AvgIpc) is 2.75. The van der Waals surface area contributed by atoms with Gasteiger partial charge >= 0.3 is 0 Å². The molecule has 5 heteroatoms. The fraction of sp³-hybridized carbons (Fsp3) is 0.846. The highest BCUT2D eigenvalue weighted by atomic mass is 15.3. The largest absolute Gasteiger partial charge is 0.320 e. The summed E-state index contributed by atoms with van der Waals surface area (Å²) in [6.07, 6.45) is 8.43. The van der Waals surface area contributed by atoms with Crippen molar-refractivity contribution in [2.75, 3.05) is 7.05 Å². The second kappa shape index (κ2) is 4.97. The smallest absolute Gasteiger partial charge is 0.146 e. The summed E-state index contributed by atoms with van der Waals surface area (Å²) in [5.74, 6) is 1.09. The second-order valence-corrected chi connectivity index (χ2v) is 5.73. The maximum absolute atomic E-state index is 4.23. The second-order valence-electron chi connectivity index (χ2n) is 5.73. The van der Waals surface area contributed by atoms with Crippen LogP contribution in [0.3, 0.4) is 0 Å². The number of hydrogen-bond acceptors (Lipinski definition) is 4. The minimum Gasteiger partial charge on any atom is -0.320 e. The van der Waals surface area contributed by atoms with Gasteiger partial charge in [-0.25, -0.2) is 0 Å². The molecule has 0 aromatic carbocycles. The first kappa shape index (κ1) is 12.1. The molecule has 0 spiro atoms. The van der Waals surface area contributed by atoms with Crippen LogP contribution in [-0.4, -0.2) is 44.8 Å². The molecule has 2 fully saturated rings. The van der Waals surface area contributed by atoms with Crippen molar-refractivity contribution >= 4 is 0 Å². The highest BCUT2D eigenvalue weighted by molar-refractivity contribution is 4.97. The Hall–Kier alpha value is -0.940. The summed E-state index contributed by atoms with van der Waals surface area (Å²) in [5, 5.41) is 11.7. The van der Waals surface area contributed by atoms with Crippen LogP contribution in [0.4, 0.5) is 0 Å². The zero-order chi connectivity index (χ0) is 12.5. The number of fused-ring (bicyclic) bond motifs is 2. The molecule has 18 heavy (non-hydrogen) atoms. The lowest BCUT2D eigenvalue weighted by molar-refractivity contribution is 0.0164. The molecule has 0 radical (unpaired) electrons. The number of aromatic nitrogens is 3. The molecule has 3 rings (SSSR count). The molecule has 2 aliphatic heterocycles. The van der Waals surface area contributed by atoms with Crippen molar-refractivity contribution in [3.05, 3.63) is 12.2 Å². The predicted molar refractivity (Wildman–Crippen MR) is 70.1 cm³/mol. The number of nitrogens with one attached hydrogen (secondary N) is 1. The number of hydrogen-bond donors (Lipinski definition) is 1. The van der Waals surface area contributed by atoms with E-state index in [0.717, 1.165) is 24.5 Å². The lowest BCUT2D eigenvalue weighted by Gasteiger charge is -2.48. The van der Waals surface area contributed by atoms with Crippen LogP contribution in [0, 0.1) is 0 Å². The third kappa shape index (κ3) is 2.17. The van der Waals surface area contributed by atoms with Crippen molar-refractivity contribution in [1.82, 2.24) is 25.0 Å². The summed E-state index contributed by atoms with van der Waals surface area (Å²) >= 11 is 0. The summed E-state index contributed by atoms with van der Waals surface area (Å²) in [6, 6.07) is 2.16. The molecule has 1 aromatic heterocycles. The van der Waals surface area contributed by atoms with Gasteiger partial charge in [0.2, 0.25) is 0 Å². The summed E-state index contributed by atoms with van der Waals surface area (Å²) in [6.45, 7) is 0.961. The van der Waals surface area contributed by atoms with Gasteiger partial charge in [-0.15, -0.1) is 10.2 Å². The molecule has 2 bridgehead atoms. The molecule has 100 valence electrons. The third-order valence-electron chi connectivity index (χ3n) is 4.66. The Morgan fingerprint density at radius 1 is 1.33 bits per heavy atom. The van der Waals surface area contributed by atoms with E-state index in [2.05, 4.69) is 27.5 Å². The van der Waals surface area contributed by atoms with Gasteiger partial charge in [0.1, 0.15) is 12.2 Å². The van der Waals surface area contributed by atoms with Crippen LogP contribution < -0.4 is 5.32 Å². The van der Waals surface area contributed by atoms with E-state index in [-0.39, 0.29) is 0 Å². The molecule has 2 aliphatic rings. The van der Waals surface area contributed by atoms with Crippen LogP contribution in [-0.2, 0) is 13.6 Å². The van der Waals surface area contributed by atoms with Crippen LogP contribution in [0.25, 0.3) is 0 Å². The fourth-order valence-electron chi connectivity index (χ4n) is 3.59. The van der Waals surface area contributed by atoms with Gasteiger partial charge in [-0.1, -0.05) is 6.42 Å². The zero-order valence-electron chi connectivity index (χ0n) is 11.3. The van der Waals surface area contributed by atoms with Crippen molar-refractivity contribution in [2.24, 2.45) is 7.05 Å². The van der Waals surface area contributed by atoms with E-state index in [4.69, 9.17) is 0 Å². The fourth-order valence-corrected chi connectivity index (χ4v) is 3.59. The minimum atomic E-state index is 0.705. The van der Waals surface area contributed by atoms with Crippen molar-refractivity contribution < 1.29 is 0 Å². The van der Waals surface area contributed by atoms with Crippen molar-refractivity contribution in [3.63, 3.8) is 0 Å². The summed E-state index contributed by atoms with van der Waals surface area (Å²) in [7, 11) is 4.13. The first-order valence-corrected chi connectivity index (χ1v) is 7.04. The summed E-state index contributed by atoms with van der Waals surface area (Å²) < 4.78 is 2.04. The van der Waals surface area contributed by atoms with Crippen LogP contribution in [0.1, 0.15) is 37.9 Å². The highest BCUT2D eigenvalue weighted by Gasteiger charge is 2.38. The summed E-state index contributed by atoms with van der Waals surface area (Å²) in [4.78, 5) is 2.67. The molecule has 2 saturated heterocycles. The standard InChI is InChI=1S/C13H23N5/c1-14-10-6-11-4-3-5-12(7-10)18(11)8-13-16-15-9-17(13)2/h9-12,14H,3-8H2,1-2H3. The highest BCUT2D eigenvalue weighted by Crippen LogP contribution is 2.34. The van der Waals surface area contributed by atoms with E-state index in [1.165, 1.54) is 32.1 Å². The Bertz CT molecular complexity index is 388. The number of aryl methyl sites for hydroxylation is 1. The Balaban J connectivity index is 1.74. The monoisotopic (exact) mass is 249 g/mol. The summed E-state index contributed by atoms with van der Waals surface area (Å²) in [5.41, 5.74) is 0. The third-order valence-corrected chi connectivity index (χ3v) is 4.66. The molecular weight excluding hydrogens is 226 g/mol. The zero-order valence-corrected chi connectivity index (χ0v) is 11.3. The normalized spacial score (nSPS) is 32.7. The Morgan fingerprint density at radius 3 is 2.61 bits per heavy atom. The van der Waals surface area contributed by atoms with Gasteiger partial charge in [-0.2, -0.15) is 0 Å². The van der Waals surface area contributed by atoms with Gasteiger partial charge in [-0.3, -0.25) is 4.90 Å². The van der Waals surface area contributed by atoms with Gasteiger partial charge in [0.25, 0.3) is 0 Å². The molecule has 1 N–H and O–H groups in total. The first-order chi connectivity index (χ1) is 8.78. The molecule has 2 unspecified atom stereocenters. The van der Waals surface area contributed by atoms with Crippen LogP contribution in [0.2, 0.25) is 0 Å². The molecule has 0 amide bonds. The van der Waals surface area contributed by atoms with Crippen LogP contribution >= 0.6 is 0 Å². The van der Waals surface area contributed by atoms with Gasteiger partial charge in [0, 0.05) is 25.2 Å². The van der Waals surface area contributed by atoms with Crippen molar-refractivity contribution in [1.29, 1.82) is 0 Å². The molecule has 3 heterocycles. The molecule has 1 aromatic rings. The Morgan fingerprint density at radius 2 is 2.06 bits per heavy atom. The molecule has 5 nitrogen and oxygen atoms in total. The van der Waals surface area contributed by atoms with E-state index in [0.29, 0.717) is 6.04 Å². The van der Waals surface area contributed by atoms with Gasteiger partial charge in [0.15, 0.2) is 0 Å². The van der Waals surface area contributed by atoms with Crippen LogP contribution in [0.15, 0.2) is 6.33 Å². The van der Waals surface area contributed by atoms with Gasteiger partial charge in [-0.05, 0) is 32.7 Å².